The van der Waals surface area contributed by atoms with Crippen molar-refractivity contribution < 1.29 is 9.59 Å². The molecule has 0 bridgehead atoms. The van der Waals surface area contributed by atoms with Crippen LogP contribution in [0.15, 0.2) is 82.6 Å². The molecule has 32 heavy (non-hydrogen) atoms. The highest BCUT2D eigenvalue weighted by molar-refractivity contribution is 8.00. The summed E-state index contributed by atoms with van der Waals surface area (Å²) in [5.41, 5.74) is 4.08. The normalized spacial score (nSPS) is 12.5. The number of aryl methyl sites for hydroxylation is 1. The molecule has 4 nitrogen and oxygen atoms in total. The average Bonchev–Trinajstić information content (AvgIpc) is 3.26. The fourth-order valence-corrected chi connectivity index (χ4v) is 5.35. The number of nitrogens with one attached hydrogen (secondary N) is 1. The lowest BCUT2D eigenvalue weighted by Crippen LogP contribution is -2.30. The third kappa shape index (κ3) is 5.56. The van der Waals surface area contributed by atoms with E-state index in [-0.39, 0.29) is 11.8 Å². The molecule has 4 rings (SSSR count). The maximum atomic E-state index is 12.8. The Balaban J connectivity index is 1.30. The van der Waals surface area contributed by atoms with E-state index in [4.69, 9.17) is 0 Å². The van der Waals surface area contributed by atoms with Crippen molar-refractivity contribution in [3.05, 3.63) is 89.5 Å². The Labute approximate surface area is 197 Å². The topological polar surface area (TPSA) is 49.4 Å². The van der Waals surface area contributed by atoms with Crippen LogP contribution in [-0.2, 0) is 11.2 Å². The molecule has 0 saturated heterocycles. The molecular weight excluding hydrogens is 436 g/mol. The summed E-state index contributed by atoms with van der Waals surface area (Å²) in [5.74, 6) is 1.08. The zero-order valence-electron chi connectivity index (χ0n) is 18.0. The number of para-hydroxylation sites is 1. The number of rotatable bonds is 8. The van der Waals surface area contributed by atoms with E-state index in [0.29, 0.717) is 17.9 Å². The molecule has 0 unspecified atom stereocenters. The molecule has 0 spiro atoms. The van der Waals surface area contributed by atoms with Crippen molar-refractivity contribution in [2.24, 2.45) is 0 Å². The first-order valence-corrected chi connectivity index (χ1v) is 12.7. The van der Waals surface area contributed by atoms with E-state index in [2.05, 4.69) is 42.6 Å². The lowest BCUT2D eigenvalue weighted by molar-refractivity contribution is -0.116. The van der Waals surface area contributed by atoms with E-state index in [1.807, 2.05) is 47.4 Å². The molecule has 1 aliphatic heterocycles. The molecule has 6 heteroatoms. The van der Waals surface area contributed by atoms with Crippen molar-refractivity contribution in [1.82, 2.24) is 5.32 Å². The third-order valence-electron chi connectivity index (χ3n) is 5.35. The Morgan fingerprint density at radius 1 is 0.938 bits per heavy atom. The van der Waals surface area contributed by atoms with Crippen LogP contribution >= 0.6 is 23.5 Å². The van der Waals surface area contributed by atoms with E-state index in [9.17, 15) is 9.59 Å². The summed E-state index contributed by atoms with van der Waals surface area (Å²) in [5, 5.41) is 3.01. The van der Waals surface area contributed by atoms with Crippen molar-refractivity contribution in [2.45, 2.75) is 23.1 Å². The van der Waals surface area contributed by atoms with Crippen LogP contribution in [-0.4, -0.2) is 36.4 Å². The number of anilines is 1. The summed E-state index contributed by atoms with van der Waals surface area (Å²) in [4.78, 5) is 29.5. The first kappa shape index (κ1) is 22.5. The number of hydrogen-bond acceptors (Lipinski definition) is 4. The van der Waals surface area contributed by atoms with Crippen LogP contribution < -0.4 is 10.2 Å². The van der Waals surface area contributed by atoms with E-state index in [0.717, 1.165) is 29.3 Å². The predicted molar refractivity (Wildman–Crippen MR) is 134 cm³/mol. The second-order valence-electron chi connectivity index (χ2n) is 7.63. The van der Waals surface area contributed by atoms with Gasteiger partial charge in [0.1, 0.15) is 0 Å². The minimum absolute atomic E-state index is 0.0738. The number of benzene rings is 3. The zero-order valence-corrected chi connectivity index (χ0v) is 19.7. The first-order chi connectivity index (χ1) is 15.6. The van der Waals surface area contributed by atoms with Crippen LogP contribution in [0.3, 0.4) is 0 Å². The summed E-state index contributed by atoms with van der Waals surface area (Å²) in [6.07, 6.45) is 0.895. The summed E-state index contributed by atoms with van der Waals surface area (Å²) >= 11 is 3.15. The third-order valence-corrected chi connectivity index (χ3v) is 7.42. The number of fused-ring (bicyclic) bond motifs is 1. The van der Waals surface area contributed by atoms with Gasteiger partial charge in [0, 0.05) is 34.3 Å². The number of nitrogens with zero attached hydrogens (tertiary/aromatic N) is 1. The monoisotopic (exact) mass is 462 g/mol. The van der Waals surface area contributed by atoms with Gasteiger partial charge in [0.25, 0.3) is 5.91 Å². The zero-order chi connectivity index (χ0) is 22.3. The molecular formula is C26H26N2O2S2. The number of carbonyl (C=O) groups excluding carboxylic acids is 2. The molecule has 0 aliphatic carbocycles. The minimum Gasteiger partial charge on any atom is -0.351 e. The molecule has 0 saturated carbocycles. The molecule has 0 aromatic heterocycles. The van der Waals surface area contributed by atoms with Gasteiger partial charge in [-0.15, -0.1) is 23.5 Å². The van der Waals surface area contributed by atoms with Crippen molar-refractivity contribution in [3.8, 4) is 0 Å². The van der Waals surface area contributed by atoms with Crippen molar-refractivity contribution in [3.63, 3.8) is 0 Å². The first-order valence-electron chi connectivity index (χ1n) is 10.7. The van der Waals surface area contributed by atoms with Crippen LogP contribution in [0.1, 0.15) is 21.5 Å². The highest BCUT2D eigenvalue weighted by Gasteiger charge is 2.24. The molecule has 1 aliphatic rings. The van der Waals surface area contributed by atoms with Crippen LogP contribution in [0, 0.1) is 6.92 Å². The molecule has 0 fully saturated rings. The maximum absolute atomic E-state index is 12.8. The highest BCUT2D eigenvalue weighted by atomic mass is 32.2. The van der Waals surface area contributed by atoms with Crippen LogP contribution in [0.5, 0.6) is 0 Å². The molecule has 3 aromatic rings. The van der Waals surface area contributed by atoms with E-state index in [1.165, 1.54) is 27.8 Å². The molecule has 0 radical (unpaired) electrons. The van der Waals surface area contributed by atoms with Gasteiger partial charge < -0.3 is 10.2 Å². The Morgan fingerprint density at radius 2 is 1.69 bits per heavy atom. The van der Waals surface area contributed by atoms with Crippen molar-refractivity contribution >= 4 is 41.0 Å². The predicted octanol–water partition coefficient (Wildman–Crippen LogP) is 5.20. The van der Waals surface area contributed by atoms with Gasteiger partial charge in [-0.25, -0.2) is 0 Å². The van der Waals surface area contributed by atoms with Crippen molar-refractivity contribution in [2.75, 3.05) is 29.5 Å². The molecule has 1 N–H and O–H groups in total. The van der Waals surface area contributed by atoms with Gasteiger partial charge in [0.2, 0.25) is 5.91 Å². The van der Waals surface area contributed by atoms with Crippen molar-refractivity contribution in [1.29, 1.82) is 0 Å². The second kappa shape index (κ2) is 10.7. The number of amides is 2. The summed E-state index contributed by atoms with van der Waals surface area (Å²) < 4.78 is 0. The SMILES string of the molecule is Cc1ccc(SCCNC(=O)c2ccccc2SCC(=O)N2CCc3ccccc32)cc1. The molecule has 1 heterocycles. The highest BCUT2D eigenvalue weighted by Crippen LogP contribution is 2.29. The van der Waals surface area contributed by atoms with E-state index < -0.39 is 0 Å². The van der Waals surface area contributed by atoms with Gasteiger partial charge in [-0.05, 0) is 49.2 Å². The Bertz CT molecular complexity index is 1100. The minimum atomic E-state index is -0.100. The standard InChI is InChI=1S/C26H26N2O2S2/c1-19-10-12-21(13-11-19)31-17-15-27-26(30)22-7-3-5-9-24(22)32-18-25(29)28-16-14-20-6-2-4-8-23(20)28/h2-13H,14-18H2,1H3,(H,27,30). The Hall–Kier alpha value is -2.70. The molecule has 164 valence electrons. The van der Waals surface area contributed by atoms with Gasteiger partial charge in [-0.1, -0.05) is 48.0 Å². The maximum Gasteiger partial charge on any atom is 0.252 e. The van der Waals surface area contributed by atoms with Crippen LogP contribution in [0.4, 0.5) is 5.69 Å². The Kier molecular flexibility index (Phi) is 7.55. The summed E-state index contributed by atoms with van der Waals surface area (Å²) in [7, 11) is 0. The van der Waals surface area contributed by atoms with Gasteiger partial charge in [-0.3, -0.25) is 9.59 Å². The molecule has 3 aromatic carbocycles. The average molecular weight is 463 g/mol. The van der Waals surface area contributed by atoms with Crippen LogP contribution in [0.2, 0.25) is 0 Å². The van der Waals surface area contributed by atoms with Crippen LogP contribution in [0.25, 0.3) is 0 Å². The molecule has 2 amide bonds. The lowest BCUT2D eigenvalue weighted by Gasteiger charge is -2.17. The van der Waals surface area contributed by atoms with Gasteiger partial charge >= 0.3 is 0 Å². The summed E-state index contributed by atoms with van der Waals surface area (Å²) in [6.45, 7) is 3.38. The second-order valence-corrected chi connectivity index (χ2v) is 9.81. The largest absolute Gasteiger partial charge is 0.351 e. The fraction of sp³-hybridized carbons (Fsp3) is 0.231. The Morgan fingerprint density at radius 3 is 2.53 bits per heavy atom. The fourth-order valence-electron chi connectivity index (χ4n) is 3.66. The lowest BCUT2D eigenvalue weighted by atomic mass is 10.2. The number of carbonyl (C=O) groups is 2. The quantitative estimate of drug-likeness (QED) is 0.369. The number of thioether (sulfide) groups is 2. The summed E-state index contributed by atoms with van der Waals surface area (Å²) in [6, 6.07) is 23.9. The van der Waals surface area contributed by atoms with Gasteiger partial charge in [-0.2, -0.15) is 0 Å². The number of hydrogen-bond donors (Lipinski definition) is 1. The van der Waals surface area contributed by atoms with Gasteiger partial charge in [0.15, 0.2) is 0 Å². The van der Waals surface area contributed by atoms with E-state index in [1.54, 1.807) is 11.8 Å². The van der Waals surface area contributed by atoms with Gasteiger partial charge in [0.05, 0.1) is 11.3 Å². The molecule has 0 atom stereocenters. The smallest absolute Gasteiger partial charge is 0.252 e. The van der Waals surface area contributed by atoms with E-state index >= 15 is 0 Å².